The van der Waals surface area contributed by atoms with Crippen molar-refractivity contribution >= 4 is 15.9 Å². The third-order valence-corrected chi connectivity index (χ3v) is 5.10. The predicted octanol–water partition coefficient (Wildman–Crippen LogP) is 1.38. The first-order chi connectivity index (χ1) is 11.2. The predicted molar refractivity (Wildman–Crippen MR) is 84.4 cm³/mol. The van der Waals surface area contributed by atoms with Crippen molar-refractivity contribution in [3.63, 3.8) is 0 Å². The van der Waals surface area contributed by atoms with Gasteiger partial charge in [0, 0.05) is 0 Å². The fourth-order valence-corrected chi connectivity index (χ4v) is 3.50. The standard InChI is InChI=1S/C16H14FN3O3S/c1-16(15(19)21,12-5-3-2-4-6-12)20-24(22,23)13-7-8-14(17)11(9-13)10-18/h2-9,20H,1H3,(H2,19,21)/t16-/m0/s1. The minimum atomic E-state index is -4.23. The summed E-state index contributed by atoms with van der Waals surface area (Å²) in [7, 11) is -4.23. The minimum absolute atomic E-state index is 0.344. The van der Waals surface area contributed by atoms with Crippen LogP contribution >= 0.6 is 0 Å². The molecule has 0 aliphatic rings. The second kappa shape index (κ2) is 6.39. The quantitative estimate of drug-likeness (QED) is 0.850. The molecule has 0 spiro atoms. The lowest BCUT2D eigenvalue weighted by Crippen LogP contribution is -2.52. The van der Waals surface area contributed by atoms with Gasteiger partial charge >= 0.3 is 0 Å². The molecule has 2 rings (SSSR count). The summed E-state index contributed by atoms with van der Waals surface area (Å²) in [6.07, 6.45) is 0. The fraction of sp³-hybridized carbons (Fsp3) is 0.125. The highest BCUT2D eigenvalue weighted by Gasteiger charge is 2.38. The molecule has 24 heavy (non-hydrogen) atoms. The van der Waals surface area contributed by atoms with Gasteiger partial charge in [-0.25, -0.2) is 12.8 Å². The molecule has 3 N–H and O–H groups in total. The highest BCUT2D eigenvalue weighted by Crippen LogP contribution is 2.24. The summed E-state index contributed by atoms with van der Waals surface area (Å²) >= 11 is 0. The van der Waals surface area contributed by atoms with E-state index in [4.69, 9.17) is 11.0 Å². The van der Waals surface area contributed by atoms with Crippen LogP contribution in [-0.2, 0) is 20.4 Å². The summed E-state index contributed by atoms with van der Waals surface area (Å²) < 4.78 is 40.7. The van der Waals surface area contributed by atoms with Crippen molar-refractivity contribution < 1.29 is 17.6 Å². The highest BCUT2D eigenvalue weighted by molar-refractivity contribution is 7.89. The van der Waals surface area contributed by atoms with E-state index >= 15 is 0 Å². The molecule has 1 amide bonds. The SMILES string of the molecule is C[C@@](NS(=O)(=O)c1ccc(F)c(C#N)c1)(C(N)=O)c1ccccc1. The summed E-state index contributed by atoms with van der Waals surface area (Å²) in [5.41, 5.74) is 3.62. The average Bonchev–Trinajstić information content (AvgIpc) is 2.55. The summed E-state index contributed by atoms with van der Waals surface area (Å²) in [5, 5.41) is 8.83. The molecule has 0 fully saturated rings. The molecule has 0 aliphatic carbocycles. The van der Waals surface area contributed by atoms with E-state index < -0.39 is 32.9 Å². The number of nitrogens with one attached hydrogen (secondary N) is 1. The number of nitrogens with two attached hydrogens (primary N) is 1. The first-order valence-electron chi connectivity index (χ1n) is 6.80. The Balaban J connectivity index is 2.50. The van der Waals surface area contributed by atoms with Crippen molar-refractivity contribution in [1.82, 2.24) is 4.72 Å². The number of rotatable bonds is 5. The molecule has 8 heteroatoms. The van der Waals surface area contributed by atoms with Crippen LogP contribution in [0.2, 0.25) is 0 Å². The van der Waals surface area contributed by atoms with Gasteiger partial charge in [-0.05, 0) is 30.7 Å². The van der Waals surface area contributed by atoms with Gasteiger partial charge in [0.25, 0.3) is 0 Å². The van der Waals surface area contributed by atoms with Crippen molar-refractivity contribution in [2.75, 3.05) is 0 Å². The Labute approximate surface area is 138 Å². The van der Waals surface area contributed by atoms with Crippen LogP contribution in [0.25, 0.3) is 0 Å². The van der Waals surface area contributed by atoms with Gasteiger partial charge < -0.3 is 5.73 Å². The van der Waals surface area contributed by atoms with E-state index in [1.165, 1.54) is 6.92 Å². The molecule has 0 saturated carbocycles. The van der Waals surface area contributed by atoms with E-state index in [1.807, 2.05) is 0 Å². The average molecular weight is 347 g/mol. The number of halogens is 1. The van der Waals surface area contributed by atoms with E-state index in [9.17, 15) is 17.6 Å². The van der Waals surface area contributed by atoms with E-state index in [0.29, 0.717) is 5.56 Å². The van der Waals surface area contributed by atoms with Crippen LogP contribution in [0.3, 0.4) is 0 Å². The lowest BCUT2D eigenvalue weighted by molar-refractivity contribution is -0.123. The lowest BCUT2D eigenvalue weighted by atomic mass is 9.93. The number of hydrogen-bond acceptors (Lipinski definition) is 4. The zero-order valence-electron chi connectivity index (χ0n) is 12.7. The van der Waals surface area contributed by atoms with Gasteiger partial charge in [-0.15, -0.1) is 0 Å². The maximum absolute atomic E-state index is 13.4. The molecule has 2 aromatic carbocycles. The molecule has 6 nitrogen and oxygen atoms in total. The molecule has 2 aromatic rings. The molecule has 124 valence electrons. The number of carbonyl (C=O) groups excluding carboxylic acids is 1. The smallest absolute Gasteiger partial charge is 0.243 e. The molecule has 1 atom stereocenters. The van der Waals surface area contributed by atoms with Gasteiger partial charge in [0.2, 0.25) is 15.9 Å². The van der Waals surface area contributed by atoms with E-state index in [1.54, 1.807) is 36.4 Å². The number of benzene rings is 2. The van der Waals surface area contributed by atoms with Crippen molar-refractivity contribution in [3.05, 3.63) is 65.5 Å². The highest BCUT2D eigenvalue weighted by atomic mass is 32.2. The molecular weight excluding hydrogens is 333 g/mol. The van der Waals surface area contributed by atoms with Crippen molar-refractivity contribution in [2.45, 2.75) is 17.4 Å². The Morgan fingerprint density at radius 3 is 2.42 bits per heavy atom. The van der Waals surface area contributed by atoms with Gasteiger partial charge in [-0.2, -0.15) is 9.98 Å². The summed E-state index contributed by atoms with van der Waals surface area (Å²) in [5.74, 6) is -1.74. The Hall–Kier alpha value is -2.76. The molecular formula is C16H14FN3O3S. The van der Waals surface area contributed by atoms with Crippen molar-refractivity contribution in [2.24, 2.45) is 5.73 Å². The molecule has 0 unspecified atom stereocenters. The Morgan fingerprint density at radius 2 is 1.88 bits per heavy atom. The maximum atomic E-state index is 13.4. The van der Waals surface area contributed by atoms with Gasteiger partial charge in [0.1, 0.15) is 17.4 Å². The number of carbonyl (C=O) groups is 1. The van der Waals surface area contributed by atoms with Crippen LogP contribution in [0, 0.1) is 17.1 Å². The van der Waals surface area contributed by atoms with E-state index in [0.717, 1.165) is 18.2 Å². The van der Waals surface area contributed by atoms with Gasteiger partial charge in [0.15, 0.2) is 0 Å². The monoisotopic (exact) mass is 347 g/mol. The van der Waals surface area contributed by atoms with Gasteiger partial charge in [-0.1, -0.05) is 30.3 Å². The number of nitriles is 1. The number of sulfonamides is 1. The topological polar surface area (TPSA) is 113 Å². The van der Waals surface area contributed by atoms with Crippen LogP contribution in [0.5, 0.6) is 0 Å². The summed E-state index contributed by atoms with van der Waals surface area (Å²) in [6, 6.07) is 12.4. The van der Waals surface area contributed by atoms with E-state index in [2.05, 4.69) is 4.72 Å². The Kier molecular flexibility index (Phi) is 4.68. The van der Waals surface area contributed by atoms with Crippen LogP contribution in [0.1, 0.15) is 18.1 Å². The zero-order valence-corrected chi connectivity index (χ0v) is 13.5. The lowest BCUT2D eigenvalue weighted by Gasteiger charge is -2.27. The minimum Gasteiger partial charge on any atom is -0.368 e. The van der Waals surface area contributed by atoms with Gasteiger partial charge in [-0.3, -0.25) is 4.79 Å². The Bertz CT molecular complexity index is 923. The maximum Gasteiger partial charge on any atom is 0.243 e. The number of hydrogen-bond donors (Lipinski definition) is 2. The second-order valence-electron chi connectivity index (χ2n) is 5.21. The first-order valence-corrected chi connectivity index (χ1v) is 8.28. The zero-order chi connectivity index (χ0) is 18.0. The van der Waals surface area contributed by atoms with Crippen LogP contribution in [0.15, 0.2) is 53.4 Å². The molecule has 0 aromatic heterocycles. The molecule has 0 aliphatic heterocycles. The molecule has 0 bridgehead atoms. The number of nitrogens with zero attached hydrogens (tertiary/aromatic N) is 1. The molecule has 0 heterocycles. The third kappa shape index (κ3) is 3.27. The summed E-state index contributed by atoms with van der Waals surface area (Å²) in [6.45, 7) is 1.33. The molecule has 0 saturated heterocycles. The van der Waals surface area contributed by atoms with Crippen molar-refractivity contribution in [1.29, 1.82) is 5.26 Å². The van der Waals surface area contributed by atoms with Crippen molar-refractivity contribution in [3.8, 4) is 6.07 Å². The molecule has 0 radical (unpaired) electrons. The van der Waals surface area contributed by atoms with Crippen LogP contribution in [0.4, 0.5) is 4.39 Å². The van der Waals surface area contributed by atoms with Crippen LogP contribution < -0.4 is 10.5 Å². The fourth-order valence-electron chi connectivity index (χ4n) is 2.11. The first kappa shape index (κ1) is 17.6. The number of amides is 1. The Morgan fingerprint density at radius 1 is 1.25 bits per heavy atom. The normalized spacial score (nSPS) is 13.7. The van der Waals surface area contributed by atoms with Crippen LogP contribution in [-0.4, -0.2) is 14.3 Å². The van der Waals surface area contributed by atoms with E-state index in [-0.39, 0.29) is 4.90 Å². The number of primary amides is 1. The third-order valence-electron chi connectivity index (χ3n) is 3.55. The largest absolute Gasteiger partial charge is 0.368 e. The summed E-state index contributed by atoms with van der Waals surface area (Å²) in [4.78, 5) is 11.5. The van der Waals surface area contributed by atoms with Gasteiger partial charge in [0.05, 0.1) is 10.5 Å². The second-order valence-corrected chi connectivity index (χ2v) is 6.90.